The average molecular weight is 314 g/mol. The van der Waals surface area contributed by atoms with Crippen molar-refractivity contribution in [2.45, 2.75) is 6.92 Å². The maximum Gasteiger partial charge on any atom is 0.300 e. The summed E-state index contributed by atoms with van der Waals surface area (Å²) in [6.45, 7) is 1.97. The first-order valence-electron chi connectivity index (χ1n) is 5.79. The highest BCUT2D eigenvalue weighted by Gasteiger charge is 2.00. The van der Waals surface area contributed by atoms with E-state index in [0.717, 1.165) is 21.3 Å². The van der Waals surface area contributed by atoms with Crippen LogP contribution < -0.4 is 5.32 Å². The summed E-state index contributed by atoms with van der Waals surface area (Å²) in [7, 11) is 0. The van der Waals surface area contributed by atoms with Crippen molar-refractivity contribution in [3.05, 3.63) is 64.1 Å². The van der Waals surface area contributed by atoms with Gasteiger partial charge < -0.3 is 5.32 Å². The number of anilines is 1. The second-order valence-electron chi connectivity index (χ2n) is 4.03. The molecule has 0 radical (unpaired) electrons. The van der Waals surface area contributed by atoms with Crippen LogP contribution in [0.2, 0.25) is 0 Å². The number of carbonyl (C=O) groups excluding carboxylic acids is 1. The molecule has 19 heavy (non-hydrogen) atoms. The third-order valence-electron chi connectivity index (χ3n) is 2.51. The zero-order valence-electron chi connectivity index (χ0n) is 10.4. The van der Waals surface area contributed by atoms with E-state index in [9.17, 15) is 4.79 Å². The third kappa shape index (κ3) is 3.97. The molecule has 0 aliphatic carbocycles. The highest BCUT2D eigenvalue weighted by molar-refractivity contribution is 9.10. The Labute approximate surface area is 121 Å². The van der Waals surface area contributed by atoms with E-state index in [1.165, 1.54) is 0 Å². The smallest absolute Gasteiger partial charge is 0.300 e. The molecular formula is C16H12BrNO. The minimum atomic E-state index is -0.314. The highest BCUT2D eigenvalue weighted by atomic mass is 79.9. The maximum absolute atomic E-state index is 11.7. The Balaban J connectivity index is 2.06. The van der Waals surface area contributed by atoms with Crippen molar-refractivity contribution in [2.24, 2.45) is 0 Å². The molecule has 2 rings (SSSR count). The standard InChI is InChI=1S/C16H12BrNO/c1-12-11-14(8-9-15(12)17)18-16(19)10-7-13-5-3-2-4-6-13/h2-6,8-9,11H,1H3,(H,18,19). The Morgan fingerprint density at radius 1 is 1.16 bits per heavy atom. The molecule has 0 saturated heterocycles. The minimum Gasteiger partial charge on any atom is -0.315 e. The van der Waals surface area contributed by atoms with Crippen LogP contribution in [-0.4, -0.2) is 5.91 Å². The number of nitrogens with one attached hydrogen (secondary N) is 1. The van der Waals surface area contributed by atoms with Gasteiger partial charge in [0.05, 0.1) is 0 Å². The Kier molecular flexibility index (Phi) is 4.38. The number of amides is 1. The number of carbonyl (C=O) groups is 1. The van der Waals surface area contributed by atoms with Crippen molar-refractivity contribution in [3.8, 4) is 11.8 Å². The van der Waals surface area contributed by atoms with Crippen molar-refractivity contribution in [3.63, 3.8) is 0 Å². The molecule has 2 aromatic carbocycles. The second-order valence-corrected chi connectivity index (χ2v) is 4.89. The molecule has 0 spiro atoms. The summed E-state index contributed by atoms with van der Waals surface area (Å²) in [6.07, 6.45) is 0. The molecule has 0 aliphatic heterocycles. The lowest BCUT2D eigenvalue weighted by molar-refractivity contribution is -0.111. The van der Waals surface area contributed by atoms with E-state index >= 15 is 0 Å². The fraction of sp³-hybridized carbons (Fsp3) is 0.0625. The molecule has 3 heteroatoms. The van der Waals surface area contributed by atoms with Gasteiger partial charge in [-0.05, 0) is 42.8 Å². The molecule has 2 nitrogen and oxygen atoms in total. The number of benzene rings is 2. The minimum absolute atomic E-state index is 0.314. The van der Waals surface area contributed by atoms with Gasteiger partial charge in [0.2, 0.25) is 0 Å². The molecule has 0 heterocycles. The average Bonchev–Trinajstić information content (AvgIpc) is 2.42. The zero-order valence-corrected chi connectivity index (χ0v) is 12.0. The van der Waals surface area contributed by atoms with Crippen LogP contribution in [0.25, 0.3) is 0 Å². The summed E-state index contributed by atoms with van der Waals surface area (Å²) in [5.74, 6) is 5.07. The largest absolute Gasteiger partial charge is 0.315 e. The van der Waals surface area contributed by atoms with Crippen LogP contribution >= 0.6 is 15.9 Å². The van der Waals surface area contributed by atoms with Crippen LogP contribution in [0.5, 0.6) is 0 Å². The molecule has 1 N–H and O–H groups in total. The van der Waals surface area contributed by atoms with E-state index in [-0.39, 0.29) is 5.91 Å². The van der Waals surface area contributed by atoms with E-state index < -0.39 is 0 Å². The molecule has 0 aromatic heterocycles. The van der Waals surface area contributed by atoms with Crippen LogP contribution in [-0.2, 0) is 4.79 Å². The van der Waals surface area contributed by atoms with Gasteiger partial charge >= 0.3 is 5.91 Å². The summed E-state index contributed by atoms with van der Waals surface area (Å²) in [6, 6.07) is 15.0. The Morgan fingerprint density at radius 2 is 1.89 bits per heavy atom. The number of aryl methyl sites for hydroxylation is 1. The summed E-state index contributed by atoms with van der Waals surface area (Å²) < 4.78 is 1.01. The number of halogens is 1. The Bertz CT molecular complexity index is 653. The lowest BCUT2D eigenvalue weighted by Gasteiger charge is -2.03. The van der Waals surface area contributed by atoms with E-state index in [1.54, 1.807) is 0 Å². The SMILES string of the molecule is Cc1cc(NC(=O)C#Cc2ccccc2)ccc1Br. The molecule has 94 valence electrons. The topological polar surface area (TPSA) is 29.1 Å². The van der Waals surface area contributed by atoms with Gasteiger partial charge in [0.25, 0.3) is 0 Å². The van der Waals surface area contributed by atoms with Gasteiger partial charge in [0.1, 0.15) is 0 Å². The van der Waals surface area contributed by atoms with Gasteiger partial charge in [-0.3, -0.25) is 4.79 Å². The fourth-order valence-electron chi connectivity index (χ4n) is 1.54. The molecule has 1 amide bonds. The summed E-state index contributed by atoms with van der Waals surface area (Å²) >= 11 is 3.42. The summed E-state index contributed by atoms with van der Waals surface area (Å²) in [5, 5.41) is 2.75. The van der Waals surface area contributed by atoms with Crippen molar-refractivity contribution in [1.82, 2.24) is 0 Å². The molecular weight excluding hydrogens is 302 g/mol. The number of hydrogen-bond acceptors (Lipinski definition) is 1. The first-order valence-corrected chi connectivity index (χ1v) is 6.58. The van der Waals surface area contributed by atoms with E-state index in [2.05, 4.69) is 33.1 Å². The highest BCUT2D eigenvalue weighted by Crippen LogP contribution is 2.19. The maximum atomic E-state index is 11.7. The first-order chi connectivity index (χ1) is 9.15. The predicted molar refractivity (Wildman–Crippen MR) is 80.8 cm³/mol. The van der Waals surface area contributed by atoms with Gasteiger partial charge in [0.15, 0.2) is 0 Å². The molecule has 0 atom stereocenters. The van der Waals surface area contributed by atoms with Crippen molar-refractivity contribution in [1.29, 1.82) is 0 Å². The normalized spacial score (nSPS) is 9.37. The molecule has 0 fully saturated rings. The fourth-order valence-corrected chi connectivity index (χ4v) is 1.78. The monoisotopic (exact) mass is 313 g/mol. The van der Waals surface area contributed by atoms with Crippen molar-refractivity contribution >= 4 is 27.5 Å². The van der Waals surface area contributed by atoms with Crippen LogP contribution in [0.4, 0.5) is 5.69 Å². The van der Waals surface area contributed by atoms with Gasteiger partial charge in [-0.1, -0.05) is 40.0 Å². The predicted octanol–water partition coefficient (Wildman–Crippen LogP) is 3.75. The third-order valence-corrected chi connectivity index (χ3v) is 3.40. The van der Waals surface area contributed by atoms with E-state index in [4.69, 9.17) is 0 Å². The van der Waals surface area contributed by atoms with E-state index in [1.807, 2.05) is 55.5 Å². The molecule has 0 bridgehead atoms. The lowest BCUT2D eigenvalue weighted by atomic mass is 10.2. The second kappa shape index (κ2) is 6.21. The first kappa shape index (κ1) is 13.4. The van der Waals surface area contributed by atoms with E-state index in [0.29, 0.717) is 0 Å². The summed E-state index contributed by atoms with van der Waals surface area (Å²) in [4.78, 5) is 11.7. The molecule has 2 aromatic rings. The number of rotatable bonds is 1. The van der Waals surface area contributed by atoms with Crippen LogP contribution in [0.1, 0.15) is 11.1 Å². The lowest BCUT2D eigenvalue weighted by Crippen LogP contribution is -2.08. The number of hydrogen-bond donors (Lipinski definition) is 1. The van der Waals surface area contributed by atoms with Crippen molar-refractivity contribution < 1.29 is 4.79 Å². The van der Waals surface area contributed by atoms with Gasteiger partial charge in [0, 0.05) is 21.6 Å². The molecule has 0 unspecified atom stereocenters. The van der Waals surface area contributed by atoms with Crippen LogP contribution in [0.3, 0.4) is 0 Å². The molecule has 0 aliphatic rings. The zero-order chi connectivity index (χ0) is 13.7. The quantitative estimate of drug-likeness (QED) is 0.798. The summed E-state index contributed by atoms with van der Waals surface area (Å²) in [5.41, 5.74) is 2.63. The molecule has 0 saturated carbocycles. The van der Waals surface area contributed by atoms with Gasteiger partial charge in [-0.2, -0.15) is 0 Å². The Hall–Kier alpha value is -2.05. The van der Waals surface area contributed by atoms with Crippen LogP contribution in [0.15, 0.2) is 53.0 Å². The van der Waals surface area contributed by atoms with Crippen molar-refractivity contribution in [2.75, 3.05) is 5.32 Å². The van der Waals surface area contributed by atoms with Gasteiger partial charge in [-0.25, -0.2) is 0 Å². The van der Waals surface area contributed by atoms with Gasteiger partial charge in [-0.15, -0.1) is 0 Å². The van der Waals surface area contributed by atoms with Crippen LogP contribution in [0, 0.1) is 18.8 Å². The Morgan fingerprint density at radius 3 is 2.58 bits per heavy atom.